The maximum atomic E-state index is 13.2. The van der Waals surface area contributed by atoms with Crippen LogP contribution in [-0.2, 0) is 19.6 Å². The molecular weight excluding hydrogens is 500 g/mol. The highest BCUT2D eigenvalue weighted by molar-refractivity contribution is 7.09. The molecule has 0 spiro atoms. The Labute approximate surface area is 223 Å². The van der Waals surface area contributed by atoms with Crippen LogP contribution in [0.1, 0.15) is 41.2 Å². The summed E-state index contributed by atoms with van der Waals surface area (Å²) >= 11 is 1.70. The Morgan fingerprint density at radius 2 is 1.87 bits per heavy atom. The number of fused-ring (bicyclic) bond motifs is 2. The lowest BCUT2D eigenvalue weighted by Gasteiger charge is -2.30. The molecule has 1 atom stereocenters. The lowest BCUT2D eigenvalue weighted by molar-refractivity contribution is 0.163. The van der Waals surface area contributed by atoms with E-state index in [0.717, 1.165) is 28.7 Å². The topological polar surface area (TPSA) is 98.2 Å². The third-order valence-electron chi connectivity index (χ3n) is 6.76. The van der Waals surface area contributed by atoms with E-state index in [1.807, 2.05) is 47.1 Å². The molecule has 3 aromatic heterocycles. The fraction of sp³-hybridized carbons (Fsp3) is 0.286. The van der Waals surface area contributed by atoms with E-state index in [1.54, 1.807) is 11.3 Å². The predicted molar refractivity (Wildman–Crippen MR) is 146 cm³/mol. The second kappa shape index (κ2) is 10.8. The average molecular weight is 529 g/mol. The summed E-state index contributed by atoms with van der Waals surface area (Å²) in [6, 6.07) is 20.0. The van der Waals surface area contributed by atoms with Crippen LogP contribution in [0.15, 0.2) is 70.8 Å². The molecule has 0 saturated heterocycles. The van der Waals surface area contributed by atoms with E-state index in [-0.39, 0.29) is 11.6 Å². The van der Waals surface area contributed by atoms with Gasteiger partial charge in [-0.25, -0.2) is 4.68 Å². The van der Waals surface area contributed by atoms with E-state index < -0.39 is 0 Å². The number of thiophene rings is 1. The molecule has 2 aromatic carbocycles. The lowest BCUT2D eigenvalue weighted by atomic mass is 10.1. The molecule has 194 valence electrons. The standard InChI is InChI=1S/C28H28N6O3S/c1-2-24(27-30-31-32-34(27)16-19-7-4-3-5-8-19)33(18-22-9-6-12-38-22)17-21-13-20-14-25-26(37-11-10-36-25)15-23(20)29-28(21)35/h3-9,12-15,24H,2,10-11,16-18H2,1H3,(H,29,35)/t24-/m1/s1. The van der Waals surface area contributed by atoms with E-state index in [2.05, 4.69) is 55.9 Å². The summed E-state index contributed by atoms with van der Waals surface area (Å²) < 4.78 is 13.3. The van der Waals surface area contributed by atoms with Crippen LogP contribution in [0.3, 0.4) is 0 Å². The summed E-state index contributed by atoms with van der Waals surface area (Å²) in [7, 11) is 0. The lowest BCUT2D eigenvalue weighted by Crippen LogP contribution is -2.32. The van der Waals surface area contributed by atoms with Gasteiger partial charge in [0, 0.05) is 35.0 Å². The van der Waals surface area contributed by atoms with Crippen molar-refractivity contribution < 1.29 is 9.47 Å². The number of tetrazole rings is 1. The molecule has 0 fully saturated rings. The van der Waals surface area contributed by atoms with Crippen LogP contribution >= 0.6 is 11.3 Å². The zero-order chi connectivity index (χ0) is 25.9. The fourth-order valence-corrected chi connectivity index (χ4v) is 5.66. The second-order valence-corrected chi connectivity index (χ2v) is 10.3. The van der Waals surface area contributed by atoms with Crippen LogP contribution in [0.5, 0.6) is 11.5 Å². The van der Waals surface area contributed by atoms with Gasteiger partial charge in [-0.3, -0.25) is 9.69 Å². The molecule has 1 aliphatic heterocycles. The smallest absolute Gasteiger partial charge is 0.252 e. The molecule has 38 heavy (non-hydrogen) atoms. The Morgan fingerprint density at radius 1 is 1.05 bits per heavy atom. The van der Waals surface area contributed by atoms with Crippen LogP contribution in [-0.4, -0.2) is 43.3 Å². The SMILES string of the molecule is CC[C@H](c1nnnn1Cc1ccccc1)N(Cc1cccs1)Cc1cc2cc3c(cc2[nH]c1=O)OCCO3. The van der Waals surface area contributed by atoms with Crippen molar-refractivity contribution in [3.8, 4) is 11.5 Å². The number of pyridine rings is 1. The summed E-state index contributed by atoms with van der Waals surface area (Å²) in [4.78, 5) is 19.8. The molecule has 1 N–H and O–H groups in total. The second-order valence-electron chi connectivity index (χ2n) is 9.30. The van der Waals surface area contributed by atoms with Gasteiger partial charge in [0.25, 0.3) is 5.56 Å². The number of H-pyrrole nitrogens is 1. The first-order chi connectivity index (χ1) is 18.7. The number of ether oxygens (including phenoxy) is 2. The van der Waals surface area contributed by atoms with Gasteiger partial charge in [-0.05, 0) is 46.0 Å². The average Bonchev–Trinajstić information content (AvgIpc) is 3.62. The molecule has 6 rings (SSSR count). The maximum Gasteiger partial charge on any atom is 0.252 e. The first-order valence-electron chi connectivity index (χ1n) is 12.7. The minimum absolute atomic E-state index is 0.0915. The van der Waals surface area contributed by atoms with Gasteiger partial charge in [0.15, 0.2) is 17.3 Å². The van der Waals surface area contributed by atoms with Crippen molar-refractivity contribution in [1.29, 1.82) is 0 Å². The van der Waals surface area contributed by atoms with Gasteiger partial charge in [-0.2, -0.15) is 0 Å². The van der Waals surface area contributed by atoms with Crippen molar-refractivity contribution in [1.82, 2.24) is 30.1 Å². The molecule has 1 aliphatic rings. The zero-order valence-corrected chi connectivity index (χ0v) is 21.9. The Morgan fingerprint density at radius 3 is 2.63 bits per heavy atom. The van der Waals surface area contributed by atoms with Crippen LogP contribution in [0.25, 0.3) is 10.9 Å². The van der Waals surface area contributed by atoms with Gasteiger partial charge >= 0.3 is 0 Å². The quantitative estimate of drug-likeness (QED) is 0.300. The van der Waals surface area contributed by atoms with Gasteiger partial charge in [-0.1, -0.05) is 43.3 Å². The Balaban J connectivity index is 1.35. The molecule has 4 heterocycles. The van der Waals surface area contributed by atoms with Crippen molar-refractivity contribution in [2.24, 2.45) is 0 Å². The molecule has 0 radical (unpaired) electrons. The summed E-state index contributed by atoms with van der Waals surface area (Å²) in [5.41, 5.74) is 2.41. The summed E-state index contributed by atoms with van der Waals surface area (Å²) in [6.45, 7) is 4.83. The highest BCUT2D eigenvalue weighted by Gasteiger charge is 2.26. The number of nitrogens with one attached hydrogen (secondary N) is 1. The van der Waals surface area contributed by atoms with Crippen molar-refractivity contribution >= 4 is 22.2 Å². The molecule has 0 bridgehead atoms. The minimum atomic E-state index is -0.121. The molecule has 9 nitrogen and oxygen atoms in total. The summed E-state index contributed by atoms with van der Waals surface area (Å²) in [5, 5.41) is 15.7. The van der Waals surface area contributed by atoms with Crippen molar-refractivity contribution in [3.05, 3.63) is 98.2 Å². The van der Waals surface area contributed by atoms with E-state index in [0.29, 0.717) is 49.9 Å². The third kappa shape index (κ3) is 5.05. The van der Waals surface area contributed by atoms with Crippen molar-refractivity contribution in [2.45, 2.75) is 39.0 Å². The van der Waals surface area contributed by atoms with Crippen molar-refractivity contribution in [3.63, 3.8) is 0 Å². The Hall–Kier alpha value is -4.02. The number of hydrogen-bond donors (Lipinski definition) is 1. The zero-order valence-electron chi connectivity index (χ0n) is 21.0. The Bertz CT molecular complexity index is 1580. The van der Waals surface area contributed by atoms with Crippen LogP contribution in [0, 0.1) is 0 Å². The number of benzene rings is 2. The molecule has 0 amide bonds. The van der Waals surface area contributed by atoms with E-state index in [1.165, 1.54) is 4.88 Å². The molecular formula is C28H28N6O3S. The molecule has 0 aliphatic carbocycles. The van der Waals surface area contributed by atoms with Gasteiger partial charge in [0.2, 0.25) is 0 Å². The predicted octanol–water partition coefficient (Wildman–Crippen LogP) is 4.55. The number of rotatable bonds is 9. The summed E-state index contributed by atoms with van der Waals surface area (Å²) in [6.07, 6.45) is 0.782. The van der Waals surface area contributed by atoms with Crippen LogP contribution in [0.4, 0.5) is 0 Å². The Kier molecular flexibility index (Phi) is 6.89. The van der Waals surface area contributed by atoms with Gasteiger partial charge in [-0.15, -0.1) is 16.4 Å². The highest BCUT2D eigenvalue weighted by atomic mass is 32.1. The number of hydrogen-bond acceptors (Lipinski definition) is 8. The minimum Gasteiger partial charge on any atom is -0.486 e. The molecule has 0 saturated carbocycles. The largest absolute Gasteiger partial charge is 0.486 e. The summed E-state index contributed by atoms with van der Waals surface area (Å²) in [5.74, 6) is 2.14. The number of nitrogens with zero attached hydrogens (tertiary/aromatic N) is 5. The highest BCUT2D eigenvalue weighted by Crippen LogP contribution is 2.34. The normalized spacial score (nSPS) is 13.7. The first-order valence-corrected chi connectivity index (χ1v) is 13.6. The fourth-order valence-electron chi connectivity index (χ4n) is 4.93. The van der Waals surface area contributed by atoms with Gasteiger partial charge < -0.3 is 14.5 Å². The van der Waals surface area contributed by atoms with Gasteiger partial charge in [0.1, 0.15) is 13.2 Å². The van der Waals surface area contributed by atoms with Crippen molar-refractivity contribution in [2.75, 3.05) is 13.2 Å². The number of aromatic amines is 1. The van der Waals surface area contributed by atoms with E-state index >= 15 is 0 Å². The van der Waals surface area contributed by atoms with Crippen LogP contribution in [0.2, 0.25) is 0 Å². The first kappa shape index (κ1) is 24.3. The van der Waals surface area contributed by atoms with Crippen LogP contribution < -0.4 is 15.0 Å². The van der Waals surface area contributed by atoms with Gasteiger partial charge in [0.05, 0.1) is 18.1 Å². The molecule has 10 heteroatoms. The van der Waals surface area contributed by atoms with E-state index in [4.69, 9.17) is 9.47 Å². The number of aromatic nitrogens is 5. The molecule has 0 unspecified atom stereocenters. The third-order valence-corrected chi connectivity index (χ3v) is 7.62. The molecule has 5 aromatic rings. The monoisotopic (exact) mass is 528 g/mol. The maximum absolute atomic E-state index is 13.2. The van der Waals surface area contributed by atoms with E-state index in [9.17, 15) is 4.79 Å².